The Morgan fingerprint density at radius 3 is 2.68 bits per heavy atom. The van der Waals surface area contributed by atoms with Crippen molar-refractivity contribution >= 4 is 29.2 Å². The molecule has 1 aliphatic heterocycles. The molecule has 2 N–H and O–H groups in total. The summed E-state index contributed by atoms with van der Waals surface area (Å²) in [6.45, 7) is 10.7. The summed E-state index contributed by atoms with van der Waals surface area (Å²) in [5.41, 5.74) is 12.3. The highest BCUT2D eigenvalue weighted by Gasteiger charge is 2.25. The van der Waals surface area contributed by atoms with Crippen LogP contribution in [0.2, 0.25) is 0 Å². The molecule has 114 valence electrons. The fourth-order valence-electron chi connectivity index (χ4n) is 2.70. The van der Waals surface area contributed by atoms with Gasteiger partial charge < -0.3 is 5.73 Å². The highest BCUT2D eigenvalue weighted by Crippen LogP contribution is 2.46. The number of rotatable bonds is 3. The summed E-state index contributed by atoms with van der Waals surface area (Å²) in [5, 5.41) is 0.432. The number of benzene rings is 2. The molecule has 0 spiro atoms. The predicted molar refractivity (Wildman–Crippen MR) is 99.9 cm³/mol. The second kappa shape index (κ2) is 6.05. The minimum atomic E-state index is 0.432. The maximum absolute atomic E-state index is 6.27. The molecule has 0 aromatic heterocycles. The van der Waals surface area contributed by atoms with Crippen molar-refractivity contribution in [2.24, 2.45) is 0 Å². The Kier molecular flexibility index (Phi) is 4.28. The molecule has 1 unspecified atom stereocenters. The molecule has 3 rings (SSSR count). The van der Waals surface area contributed by atoms with Crippen LogP contribution in [0, 0.1) is 20.8 Å². The van der Waals surface area contributed by atoms with Crippen LogP contribution in [0.4, 0.5) is 5.69 Å². The summed E-state index contributed by atoms with van der Waals surface area (Å²) < 4.78 is 0. The number of thioether (sulfide) groups is 2. The molecule has 2 aromatic carbocycles. The fraction of sp³-hybridized carbons (Fsp3) is 0.263. The Morgan fingerprint density at radius 1 is 1.18 bits per heavy atom. The quantitative estimate of drug-likeness (QED) is 0.594. The van der Waals surface area contributed by atoms with Crippen molar-refractivity contribution < 1.29 is 0 Å². The molecule has 0 saturated heterocycles. The minimum Gasteiger partial charge on any atom is -0.398 e. The van der Waals surface area contributed by atoms with E-state index in [4.69, 9.17) is 5.73 Å². The van der Waals surface area contributed by atoms with Gasteiger partial charge in [-0.2, -0.15) is 0 Å². The van der Waals surface area contributed by atoms with Crippen molar-refractivity contribution in [3.8, 4) is 0 Å². The van der Waals surface area contributed by atoms with Gasteiger partial charge in [0.25, 0.3) is 0 Å². The van der Waals surface area contributed by atoms with Crippen LogP contribution in [0.25, 0.3) is 0 Å². The lowest BCUT2D eigenvalue weighted by Crippen LogP contribution is -2.03. The van der Waals surface area contributed by atoms with Crippen molar-refractivity contribution in [1.29, 1.82) is 0 Å². The van der Waals surface area contributed by atoms with E-state index >= 15 is 0 Å². The summed E-state index contributed by atoms with van der Waals surface area (Å²) in [5.74, 6) is 0. The first-order valence-corrected chi connectivity index (χ1v) is 9.14. The molecule has 0 radical (unpaired) electrons. The summed E-state index contributed by atoms with van der Waals surface area (Å²) >= 11 is 3.67. The third-order valence-corrected chi connectivity index (χ3v) is 6.92. The molecular formula is C19H21NS2. The summed E-state index contributed by atoms with van der Waals surface area (Å²) in [6.07, 6.45) is 1.07. The minimum absolute atomic E-state index is 0.432. The first-order chi connectivity index (χ1) is 10.5. The van der Waals surface area contributed by atoms with Crippen LogP contribution in [-0.4, -0.2) is 5.25 Å². The Morgan fingerprint density at radius 2 is 1.91 bits per heavy atom. The molecule has 1 heterocycles. The summed E-state index contributed by atoms with van der Waals surface area (Å²) in [4.78, 5) is 3.75. The average molecular weight is 328 g/mol. The van der Waals surface area contributed by atoms with Gasteiger partial charge in [0, 0.05) is 20.7 Å². The van der Waals surface area contributed by atoms with Gasteiger partial charge in [-0.25, -0.2) is 0 Å². The molecule has 1 nitrogen and oxygen atoms in total. The molecule has 22 heavy (non-hydrogen) atoms. The van der Waals surface area contributed by atoms with Crippen LogP contribution in [0.1, 0.15) is 22.3 Å². The van der Waals surface area contributed by atoms with E-state index in [1.54, 1.807) is 11.8 Å². The monoisotopic (exact) mass is 327 g/mol. The fourth-order valence-corrected chi connectivity index (χ4v) is 5.10. The molecule has 0 aliphatic carbocycles. The normalized spacial score (nSPS) is 16.6. The lowest BCUT2D eigenvalue weighted by atomic mass is 10.1. The van der Waals surface area contributed by atoms with Crippen molar-refractivity contribution in [3.63, 3.8) is 0 Å². The Bertz CT molecular complexity index is 749. The second-order valence-electron chi connectivity index (χ2n) is 5.93. The van der Waals surface area contributed by atoms with Crippen molar-refractivity contribution in [2.75, 3.05) is 5.73 Å². The third-order valence-electron chi connectivity index (χ3n) is 4.09. The molecule has 1 atom stereocenters. The van der Waals surface area contributed by atoms with Gasteiger partial charge >= 0.3 is 0 Å². The molecule has 0 fully saturated rings. The predicted octanol–water partition coefficient (Wildman–Crippen LogP) is 5.52. The number of fused-ring (bicyclic) bond motifs is 1. The van der Waals surface area contributed by atoms with E-state index in [1.165, 1.54) is 26.5 Å². The molecule has 0 bridgehead atoms. The first-order valence-electron chi connectivity index (χ1n) is 7.44. The van der Waals surface area contributed by atoms with E-state index in [1.807, 2.05) is 11.8 Å². The molecule has 0 saturated carbocycles. The van der Waals surface area contributed by atoms with Crippen molar-refractivity contribution in [2.45, 2.75) is 42.2 Å². The number of nitrogen functional groups attached to an aromatic ring is 1. The van der Waals surface area contributed by atoms with Crippen LogP contribution in [0.3, 0.4) is 0 Å². The van der Waals surface area contributed by atoms with E-state index in [-0.39, 0.29) is 0 Å². The van der Waals surface area contributed by atoms with Crippen LogP contribution in [0.15, 0.2) is 51.6 Å². The van der Waals surface area contributed by atoms with Crippen LogP contribution < -0.4 is 5.73 Å². The highest BCUT2D eigenvalue weighted by molar-refractivity contribution is 8.06. The molecule has 1 aliphatic rings. The Labute approximate surface area is 141 Å². The maximum atomic E-state index is 6.27. The Hall–Kier alpha value is -1.32. The lowest BCUT2D eigenvalue weighted by Gasteiger charge is -2.16. The van der Waals surface area contributed by atoms with E-state index in [0.717, 1.165) is 22.6 Å². The van der Waals surface area contributed by atoms with Gasteiger partial charge in [0.15, 0.2) is 0 Å². The van der Waals surface area contributed by atoms with E-state index in [9.17, 15) is 0 Å². The number of anilines is 1. The molecule has 3 heteroatoms. The average Bonchev–Trinajstić information content (AvgIpc) is 2.90. The Balaban J connectivity index is 1.79. The first kappa shape index (κ1) is 15.6. The number of nitrogens with two attached hydrogens (primary N) is 1. The SMILES string of the molecule is C=C(Sc1c(C)ccc(C)c1N)C1Cc2cc(C)ccc2S1. The zero-order valence-corrected chi connectivity index (χ0v) is 14.9. The topological polar surface area (TPSA) is 26.0 Å². The van der Waals surface area contributed by atoms with Gasteiger partial charge in [-0.1, -0.05) is 48.2 Å². The number of hydrogen-bond acceptors (Lipinski definition) is 3. The van der Waals surface area contributed by atoms with E-state index in [2.05, 4.69) is 57.7 Å². The van der Waals surface area contributed by atoms with E-state index in [0.29, 0.717) is 5.25 Å². The van der Waals surface area contributed by atoms with Gasteiger partial charge in [0.2, 0.25) is 0 Å². The smallest absolute Gasteiger partial charge is 0.0488 e. The zero-order valence-electron chi connectivity index (χ0n) is 13.3. The van der Waals surface area contributed by atoms with Gasteiger partial charge in [-0.3, -0.25) is 0 Å². The third kappa shape index (κ3) is 2.92. The maximum Gasteiger partial charge on any atom is 0.0488 e. The van der Waals surface area contributed by atoms with Crippen LogP contribution in [-0.2, 0) is 6.42 Å². The second-order valence-corrected chi connectivity index (χ2v) is 8.31. The van der Waals surface area contributed by atoms with Gasteiger partial charge in [-0.15, -0.1) is 11.8 Å². The number of hydrogen-bond donors (Lipinski definition) is 1. The van der Waals surface area contributed by atoms with Crippen LogP contribution >= 0.6 is 23.5 Å². The van der Waals surface area contributed by atoms with Crippen LogP contribution in [0.5, 0.6) is 0 Å². The lowest BCUT2D eigenvalue weighted by molar-refractivity contribution is 1.02. The highest BCUT2D eigenvalue weighted by atomic mass is 32.2. The summed E-state index contributed by atoms with van der Waals surface area (Å²) in [6, 6.07) is 10.9. The standard InChI is InChI=1S/C19H21NS2/c1-11-5-8-16-15(9-11)10-17(22-16)14(4)21-19-13(3)7-6-12(2)18(19)20/h5-9,17H,4,10,20H2,1-3H3. The van der Waals surface area contributed by atoms with Gasteiger partial charge in [0.1, 0.15) is 0 Å². The summed E-state index contributed by atoms with van der Waals surface area (Å²) in [7, 11) is 0. The zero-order chi connectivity index (χ0) is 15.9. The van der Waals surface area contributed by atoms with Crippen molar-refractivity contribution in [3.05, 3.63) is 64.1 Å². The van der Waals surface area contributed by atoms with Gasteiger partial charge in [0.05, 0.1) is 0 Å². The van der Waals surface area contributed by atoms with Gasteiger partial charge in [-0.05, 0) is 54.9 Å². The molecule has 0 amide bonds. The molecular weight excluding hydrogens is 306 g/mol. The van der Waals surface area contributed by atoms with Crippen molar-refractivity contribution in [1.82, 2.24) is 0 Å². The largest absolute Gasteiger partial charge is 0.398 e. The molecule has 2 aromatic rings. The number of aryl methyl sites for hydroxylation is 3. The van der Waals surface area contributed by atoms with E-state index < -0.39 is 0 Å².